The number of esters is 1. The molecule has 210 valence electrons. The van der Waals surface area contributed by atoms with Crippen molar-refractivity contribution in [2.24, 2.45) is 33.5 Å². The Balaban J connectivity index is 1.32. The summed E-state index contributed by atoms with van der Waals surface area (Å²) < 4.78 is 5.66. The second kappa shape index (κ2) is 9.94. The molecule has 5 aliphatic rings. The van der Waals surface area contributed by atoms with Crippen molar-refractivity contribution < 1.29 is 9.53 Å². The van der Waals surface area contributed by atoms with Crippen LogP contribution in [0.4, 0.5) is 0 Å². The second-order valence-corrected chi connectivity index (χ2v) is 15.1. The average Bonchev–Trinajstić information content (AvgIpc) is 3.03. The number of hydrogen-bond donors (Lipinski definition) is 2. The summed E-state index contributed by atoms with van der Waals surface area (Å²) in [7, 11) is 4.41. The van der Waals surface area contributed by atoms with Gasteiger partial charge in [0.15, 0.2) is 5.11 Å². The lowest BCUT2D eigenvalue weighted by atomic mass is 9.40. The van der Waals surface area contributed by atoms with Crippen LogP contribution >= 0.6 is 12.2 Å². The van der Waals surface area contributed by atoms with Gasteiger partial charge >= 0.3 is 5.97 Å². The summed E-state index contributed by atoms with van der Waals surface area (Å²) in [6.07, 6.45) is 16.0. The smallest absolute Gasteiger partial charge is 0.312 e. The first kappa shape index (κ1) is 27.7. The van der Waals surface area contributed by atoms with E-state index in [1.807, 2.05) is 6.92 Å². The lowest BCUT2D eigenvalue weighted by Crippen LogP contribution is -2.58. The Morgan fingerprint density at radius 3 is 2.41 bits per heavy atom. The van der Waals surface area contributed by atoms with Crippen molar-refractivity contribution in [3.63, 3.8) is 0 Å². The number of nitrogens with zero attached hydrogens (tertiary/aromatic N) is 1. The molecule has 0 aliphatic heterocycles. The number of hydrogen-bond acceptors (Lipinski definition) is 4. The third-order valence-electron chi connectivity index (χ3n) is 12.4. The Labute approximate surface area is 231 Å². The fourth-order valence-corrected chi connectivity index (χ4v) is 11.1. The highest BCUT2D eigenvalue weighted by Crippen LogP contribution is 2.73. The van der Waals surface area contributed by atoms with E-state index >= 15 is 0 Å². The number of fused-ring (bicyclic) bond motifs is 3. The van der Waals surface area contributed by atoms with Gasteiger partial charge in [0.2, 0.25) is 0 Å². The number of carbonyl (C=O) groups excluding carboxylic acids is 1. The summed E-state index contributed by atoms with van der Waals surface area (Å²) in [6.45, 7) is 9.74. The molecule has 0 unspecified atom stereocenters. The number of rotatable bonds is 5. The fraction of sp³-hybridized carbons (Fsp3) is 0.935. The number of thiocarbonyl (C=S) groups is 1. The molecular formula is C31H53N3O2S. The van der Waals surface area contributed by atoms with Crippen LogP contribution in [0.25, 0.3) is 0 Å². The number of carbonyl (C=O) groups is 1. The Bertz CT molecular complexity index is 896. The van der Waals surface area contributed by atoms with Crippen LogP contribution in [0, 0.1) is 33.5 Å². The molecule has 9 atom stereocenters. The van der Waals surface area contributed by atoms with Gasteiger partial charge in [-0.3, -0.25) is 4.79 Å². The molecule has 0 aromatic heterocycles. The van der Waals surface area contributed by atoms with E-state index in [9.17, 15) is 4.79 Å². The normalized spacial score (nSPS) is 47.1. The highest BCUT2D eigenvalue weighted by Gasteiger charge is 2.68. The zero-order valence-electron chi connectivity index (χ0n) is 24.5. The molecule has 0 radical (unpaired) electrons. The fourth-order valence-electron chi connectivity index (χ4n) is 10.8. The van der Waals surface area contributed by atoms with Gasteiger partial charge in [-0.15, -0.1) is 0 Å². The van der Waals surface area contributed by atoms with Crippen molar-refractivity contribution in [3.8, 4) is 0 Å². The molecule has 0 saturated heterocycles. The van der Waals surface area contributed by atoms with Crippen LogP contribution in [0.15, 0.2) is 0 Å². The standard InChI is InChI=1S/C31H53N3O2S/c1-7-36-26(35)30(4)16-10-15-29(3)23(30)14-18-31-19-25(28(2,20-31)17-13-24(29)31)33-27(37)32-21-11-8-9-12-22(21)34(5)6/h21-25H,7-20H2,1-6H3,(H2,32,33,37)/t21-,22-,23+,24+,25-,28-,29-,30-,31+/m1/s1. The van der Waals surface area contributed by atoms with Crippen LogP contribution in [-0.2, 0) is 9.53 Å². The lowest BCUT2D eigenvalue weighted by Gasteiger charge is -2.64. The summed E-state index contributed by atoms with van der Waals surface area (Å²) in [5.41, 5.74) is 0.595. The minimum Gasteiger partial charge on any atom is -0.466 e. The molecule has 0 amide bonds. The number of likely N-dealkylation sites (N-methyl/N-ethyl adjacent to an activating group) is 1. The monoisotopic (exact) mass is 531 g/mol. The van der Waals surface area contributed by atoms with E-state index in [1.54, 1.807) is 0 Å². The maximum absolute atomic E-state index is 13.2. The summed E-state index contributed by atoms with van der Waals surface area (Å²) >= 11 is 5.97. The van der Waals surface area contributed by atoms with E-state index in [4.69, 9.17) is 17.0 Å². The molecule has 37 heavy (non-hydrogen) atoms. The van der Waals surface area contributed by atoms with E-state index in [-0.39, 0.29) is 16.8 Å². The minimum atomic E-state index is -0.323. The maximum Gasteiger partial charge on any atom is 0.312 e. The SMILES string of the molecule is CCOC(=O)[C@]1(C)CCC[C@@]2(C)[C@@H]3CC[C@]4(C)C[C@]3(CC[C@@H]21)C[C@H]4NC(=S)N[C@@H]1CCCC[C@H]1N(C)C. The van der Waals surface area contributed by atoms with E-state index < -0.39 is 0 Å². The van der Waals surface area contributed by atoms with Gasteiger partial charge in [-0.1, -0.05) is 33.1 Å². The van der Waals surface area contributed by atoms with Crippen molar-refractivity contribution in [2.75, 3.05) is 20.7 Å². The highest BCUT2D eigenvalue weighted by atomic mass is 32.1. The molecule has 2 bridgehead atoms. The van der Waals surface area contributed by atoms with Crippen molar-refractivity contribution in [2.45, 2.75) is 129 Å². The molecule has 0 aromatic rings. The molecule has 5 aliphatic carbocycles. The minimum absolute atomic E-state index is 0.0589. The Hall–Kier alpha value is -0.880. The van der Waals surface area contributed by atoms with E-state index in [1.165, 1.54) is 70.6 Å². The van der Waals surface area contributed by atoms with Gasteiger partial charge in [0.05, 0.1) is 12.0 Å². The van der Waals surface area contributed by atoms with Gasteiger partial charge in [0, 0.05) is 18.1 Å². The number of ether oxygens (including phenoxy) is 1. The maximum atomic E-state index is 13.2. The van der Waals surface area contributed by atoms with Crippen LogP contribution in [0.1, 0.15) is 111 Å². The Kier molecular flexibility index (Phi) is 7.44. The predicted molar refractivity (Wildman–Crippen MR) is 154 cm³/mol. The van der Waals surface area contributed by atoms with Crippen molar-refractivity contribution in [1.82, 2.24) is 15.5 Å². The highest BCUT2D eigenvalue weighted by molar-refractivity contribution is 7.80. The van der Waals surface area contributed by atoms with Gasteiger partial charge in [0.1, 0.15) is 0 Å². The van der Waals surface area contributed by atoms with E-state index in [0.717, 1.165) is 18.0 Å². The largest absolute Gasteiger partial charge is 0.466 e. The zero-order valence-corrected chi connectivity index (χ0v) is 25.3. The van der Waals surface area contributed by atoms with Crippen LogP contribution in [0.3, 0.4) is 0 Å². The molecule has 0 aromatic carbocycles. The van der Waals surface area contributed by atoms with E-state index in [2.05, 4.69) is 50.4 Å². The summed E-state index contributed by atoms with van der Waals surface area (Å²) in [5, 5.41) is 8.52. The Morgan fingerprint density at radius 1 is 0.946 bits per heavy atom. The molecule has 5 nitrogen and oxygen atoms in total. The van der Waals surface area contributed by atoms with Gasteiger partial charge < -0.3 is 20.3 Å². The third-order valence-corrected chi connectivity index (χ3v) is 12.6. The summed E-state index contributed by atoms with van der Waals surface area (Å²) in [4.78, 5) is 15.6. The average molecular weight is 532 g/mol. The first-order chi connectivity index (χ1) is 17.5. The molecule has 5 rings (SSSR count). The lowest BCUT2D eigenvalue weighted by molar-refractivity contribution is -0.187. The van der Waals surface area contributed by atoms with Crippen LogP contribution in [0.5, 0.6) is 0 Å². The Morgan fingerprint density at radius 2 is 1.68 bits per heavy atom. The molecule has 6 heteroatoms. The van der Waals surface area contributed by atoms with Crippen LogP contribution in [0.2, 0.25) is 0 Å². The third kappa shape index (κ3) is 4.54. The van der Waals surface area contributed by atoms with Gasteiger partial charge in [-0.05, 0) is 132 Å². The molecule has 2 N–H and O–H groups in total. The zero-order chi connectivity index (χ0) is 26.6. The van der Waals surface area contributed by atoms with Crippen molar-refractivity contribution in [1.29, 1.82) is 0 Å². The summed E-state index contributed by atoms with van der Waals surface area (Å²) in [5.74, 6) is 1.20. The molecule has 1 spiro atoms. The van der Waals surface area contributed by atoms with Crippen LogP contribution in [-0.4, -0.2) is 54.8 Å². The molecule has 5 saturated carbocycles. The first-order valence-corrected chi connectivity index (χ1v) is 15.8. The molecule has 5 fully saturated rings. The topological polar surface area (TPSA) is 53.6 Å². The van der Waals surface area contributed by atoms with Gasteiger partial charge in [-0.2, -0.15) is 0 Å². The molecular weight excluding hydrogens is 478 g/mol. The van der Waals surface area contributed by atoms with Crippen molar-refractivity contribution in [3.05, 3.63) is 0 Å². The molecule has 0 heterocycles. The van der Waals surface area contributed by atoms with Gasteiger partial charge in [-0.25, -0.2) is 0 Å². The quantitative estimate of drug-likeness (QED) is 0.332. The first-order valence-electron chi connectivity index (χ1n) is 15.4. The number of nitrogens with one attached hydrogen (secondary N) is 2. The van der Waals surface area contributed by atoms with E-state index in [0.29, 0.717) is 47.4 Å². The predicted octanol–water partition coefficient (Wildman–Crippen LogP) is 6.06. The van der Waals surface area contributed by atoms with Crippen LogP contribution < -0.4 is 10.6 Å². The van der Waals surface area contributed by atoms with Crippen molar-refractivity contribution >= 4 is 23.3 Å². The van der Waals surface area contributed by atoms with Gasteiger partial charge in [0.25, 0.3) is 0 Å². The summed E-state index contributed by atoms with van der Waals surface area (Å²) in [6, 6.07) is 1.45. The second-order valence-electron chi connectivity index (χ2n) is 14.7.